The first-order chi connectivity index (χ1) is 6.93. The number of aliphatic hydroxyl groups is 1. The molecule has 0 aromatic rings. The maximum absolute atomic E-state index is 8.47. The Morgan fingerprint density at radius 3 is 3.00 bits per heavy atom. The minimum Gasteiger partial charge on any atom is -0.394 e. The summed E-state index contributed by atoms with van der Waals surface area (Å²) in [5, 5.41) is 11.8. The van der Waals surface area contributed by atoms with Gasteiger partial charge >= 0.3 is 0 Å². The van der Waals surface area contributed by atoms with Gasteiger partial charge < -0.3 is 15.2 Å². The Labute approximate surface area is 86.2 Å². The van der Waals surface area contributed by atoms with E-state index in [9.17, 15) is 0 Å². The molecule has 82 valence electrons. The van der Waals surface area contributed by atoms with Crippen LogP contribution in [0.15, 0.2) is 12.2 Å². The van der Waals surface area contributed by atoms with Gasteiger partial charge in [0.1, 0.15) is 0 Å². The summed E-state index contributed by atoms with van der Waals surface area (Å²) in [4.78, 5) is 0. The Morgan fingerprint density at radius 1 is 1.36 bits per heavy atom. The van der Waals surface area contributed by atoms with Crippen molar-refractivity contribution in [2.75, 3.05) is 32.9 Å². The van der Waals surface area contributed by atoms with E-state index in [4.69, 9.17) is 9.84 Å². The number of ether oxygens (including phenoxy) is 1. The largest absolute Gasteiger partial charge is 0.394 e. The van der Waals surface area contributed by atoms with E-state index < -0.39 is 0 Å². The van der Waals surface area contributed by atoms with E-state index >= 15 is 0 Å². The number of allylic oxidation sites excluding steroid dienone is 2. The van der Waals surface area contributed by atoms with Gasteiger partial charge in [-0.1, -0.05) is 12.2 Å². The van der Waals surface area contributed by atoms with Crippen molar-refractivity contribution < 1.29 is 9.84 Å². The molecule has 3 heteroatoms. The fraction of sp³-hybridized carbons (Fsp3) is 0.818. The van der Waals surface area contributed by atoms with Gasteiger partial charge in [0, 0.05) is 6.54 Å². The van der Waals surface area contributed by atoms with Crippen LogP contribution in [0.25, 0.3) is 0 Å². The highest BCUT2D eigenvalue weighted by Gasteiger charge is 2.08. The fourth-order valence-electron chi connectivity index (χ4n) is 1.66. The monoisotopic (exact) mass is 199 g/mol. The molecule has 0 bridgehead atoms. The minimum atomic E-state index is 0.118. The summed E-state index contributed by atoms with van der Waals surface area (Å²) in [6.45, 7) is 3.25. The first-order valence-electron chi connectivity index (χ1n) is 5.48. The minimum absolute atomic E-state index is 0.118. The molecule has 0 aromatic heterocycles. The maximum atomic E-state index is 8.47. The van der Waals surface area contributed by atoms with Gasteiger partial charge in [-0.2, -0.15) is 0 Å². The first-order valence-corrected chi connectivity index (χ1v) is 5.48. The van der Waals surface area contributed by atoms with Crippen molar-refractivity contribution in [2.45, 2.75) is 19.3 Å². The zero-order valence-electron chi connectivity index (χ0n) is 8.74. The van der Waals surface area contributed by atoms with E-state index in [1.165, 1.54) is 19.3 Å². The molecule has 0 saturated carbocycles. The van der Waals surface area contributed by atoms with Gasteiger partial charge in [0.05, 0.1) is 19.8 Å². The van der Waals surface area contributed by atoms with Crippen LogP contribution in [0.4, 0.5) is 0 Å². The Balaban J connectivity index is 1.86. The highest BCUT2D eigenvalue weighted by molar-refractivity contribution is 4.90. The average molecular weight is 199 g/mol. The topological polar surface area (TPSA) is 41.5 Å². The lowest BCUT2D eigenvalue weighted by molar-refractivity contribution is 0.0934. The number of rotatable bonds is 7. The molecule has 0 spiro atoms. The summed E-state index contributed by atoms with van der Waals surface area (Å²) in [5.41, 5.74) is 0. The molecule has 1 atom stereocenters. The second-order valence-electron chi connectivity index (χ2n) is 3.69. The van der Waals surface area contributed by atoms with Crippen molar-refractivity contribution in [2.24, 2.45) is 5.92 Å². The van der Waals surface area contributed by atoms with E-state index in [0.29, 0.717) is 13.2 Å². The van der Waals surface area contributed by atoms with Gasteiger partial charge in [-0.05, 0) is 31.7 Å². The summed E-state index contributed by atoms with van der Waals surface area (Å²) in [6.07, 6.45) is 8.29. The van der Waals surface area contributed by atoms with Gasteiger partial charge in [-0.25, -0.2) is 0 Å². The van der Waals surface area contributed by atoms with Crippen LogP contribution in [0, 0.1) is 5.92 Å². The standard InChI is InChI=1S/C11H21NO2/c13-7-9-14-8-6-12-10-11-4-2-1-3-5-11/h1-2,11-13H,3-10H2/t11-/m0/s1. The fourth-order valence-corrected chi connectivity index (χ4v) is 1.66. The Kier molecular flexibility index (Phi) is 6.66. The molecule has 1 rings (SSSR count). The summed E-state index contributed by atoms with van der Waals surface area (Å²) in [5.74, 6) is 0.804. The van der Waals surface area contributed by atoms with E-state index in [1.54, 1.807) is 0 Å². The summed E-state index contributed by atoms with van der Waals surface area (Å²) >= 11 is 0. The molecular weight excluding hydrogens is 178 g/mol. The summed E-state index contributed by atoms with van der Waals surface area (Å²) in [6, 6.07) is 0. The van der Waals surface area contributed by atoms with E-state index in [0.717, 1.165) is 19.0 Å². The zero-order chi connectivity index (χ0) is 10.1. The molecule has 0 unspecified atom stereocenters. The van der Waals surface area contributed by atoms with E-state index in [-0.39, 0.29) is 6.61 Å². The third-order valence-corrected chi connectivity index (χ3v) is 2.47. The van der Waals surface area contributed by atoms with Crippen molar-refractivity contribution in [3.63, 3.8) is 0 Å². The molecule has 0 fully saturated rings. The van der Waals surface area contributed by atoms with Crippen LogP contribution in [0.3, 0.4) is 0 Å². The molecule has 14 heavy (non-hydrogen) atoms. The lowest BCUT2D eigenvalue weighted by Crippen LogP contribution is -2.27. The number of aliphatic hydroxyl groups excluding tert-OH is 1. The third-order valence-electron chi connectivity index (χ3n) is 2.47. The lowest BCUT2D eigenvalue weighted by atomic mass is 9.94. The van der Waals surface area contributed by atoms with Crippen LogP contribution >= 0.6 is 0 Å². The molecular formula is C11H21NO2. The predicted octanol–water partition coefficient (Wildman–Crippen LogP) is 0.941. The van der Waals surface area contributed by atoms with Crippen molar-refractivity contribution in [3.8, 4) is 0 Å². The van der Waals surface area contributed by atoms with Crippen LogP contribution < -0.4 is 5.32 Å². The van der Waals surface area contributed by atoms with Crippen molar-refractivity contribution in [1.82, 2.24) is 5.32 Å². The SMILES string of the molecule is OCCOCCNC[C@H]1CC=CCC1. The second kappa shape index (κ2) is 7.97. The van der Waals surface area contributed by atoms with Gasteiger partial charge in [-0.3, -0.25) is 0 Å². The number of nitrogens with one attached hydrogen (secondary N) is 1. The van der Waals surface area contributed by atoms with Gasteiger partial charge in [0.25, 0.3) is 0 Å². The van der Waals surface area contributed by atoms with Gasteiger partial charge in [-0.15, -0.1) is 0 Å². The third kappa shape index (κ3) is 5.37. The highest BCUT2D eigenvalue weighted by atomic mass is 16.5. The molecule has 3 nitrogen and oxygen atoms in total. The number of hydrogen-bond acceptors (Lipinski definition) is 3. The quantitative estimate of drug-likeness (QED) is 0.473. The molecule has 0 aromatic carbocycles. The Hall–Kier alpha value is -0.380. The summed E-state index contributed by atoms with van der Waals surface area (Å²) < 4.78 is 5.15. The normalized spacial score (nSPS) is 21.4. The highest BCUT2D eigenvalue weighted by Crippen LogP contribution is 2.16. The van der Waals surface area contributed by atoms with E-state index in [2.05, 4.69) is 17.5 Å². The van der Waals surface area contributed by atoms with E-state index in [1.807, 2.05) is 0 Å². The van der Waals surface area contributed by atoms with Crippen LogP contribution in [0.5, 0.6) is 0 Å². The van der Waals surface area contributed by atoms with Crippen LogP contribution in [0.2, 0.25) is 0 Å². The number of hydrogen-bond donors (Lipinski definition) is 2. The summed E-state index contributed by atoms with van der Waals surface area (Å²) in [7, 11) is 0. The van der Waals surface area contributed by atoms with Gasteiger partial charge in [0.2, 0.25) is 0 Å². The molecule has 0 radical (unpaired) electrons. The molecule has 0 saturated heterocycles. The predicted molar refractivity (Wildman–Crippen MR) is 57.3 cm³/mol. The van der Waals surface area contributed by atoms with Crippen molar-refractivity contribution in [3.05, 3.63) is 12.2 Å². The molecule has 1 aliphatic rings. The Morgan fingerprint density at radius 2 is 2.29 bits per heavy atom. The molecule has 0 amide bonds. The van der Waals surface area contributed by atoms with Crippen molar-refractivity contribution in [1.29, 1.82) is 0 Å². The van der Waals surface area contributed by atoms with Crippen LogP contribution in [-0.2, 0) is 4.74 Å². The van der Waals surface area contributed by atoms with Crippen LogP contribution in [-0.4, -0.2) is 38.0 Å². The Bertz CT molecular complexity index is 159. The average Bonchev–Trinajstić information content (AvgIpc) is 2.25. The molecule has 0 heterocycles. The second-order valence-corrected chi connectivity index (χ2v) is 3.69. The molecule has 2 N–H and O–H groups in total. The first kappa shape index (κ1) is 11.7. The van der Waals surface area contributed by atoms with Crippen LogP contribution in [0.1, 0.15) is 19.3 Å². The molecule has 0 aliphatic heterocycles. The lowest BCUT2D eigenvalue weighted by Gasteiger charge is -2.17. The van der Waals surface area contributed by atoms with Crippen molar-refractivity contribution >= 4 is 0 Å². The smallest absolute Gasteiger partial charge is 0.0698 e. The van der Waals surface area contributed by atoms with Gasteiger partial charge in [0.15, 0.2) is 0 Å². The molecule has 1 aliphatic carbocycles. The zero-order valence-corrected chi connectivity index (χ0v) is 8.74. The maximum Gasteiger partial charge on any atom is 0.0698 e.